The Hall–Kier alpha value is -3.08. The summed E-state index contributed by atoms with van der Waals surface area (Å²) in [7, 11) is 0. The van der Waals surface area contributed by atoms with Gasteiger partial charge in [0, 0.05) is 50.1 Å². The Labute approximate surface area is 260 Å². The van der Waals surface area contributed by atoms with Crippen LogP contribution in [0.2, 0.25) is 0 Å². The van der Waals surface area contributed by atoms with E-state index >= 15 is 8.78 Å². The lowest BCUT2D eigenvalue weighted by atomic mass is 9.91. The molecule has 4 rings (SSSR count). The van der Waals surface area contributed by atoms with Crippen LogP contribution >= 0.6 is 0 Å². The minimum Gasteiger partial charge on any atom is -0.444 e. The number of rotatable bonds is 8. The monoisotopic (exact) mass is 616 g/mol. The Bertz CT molecular complexity index is 1190. The van der Waals surface area contributed by atoms with Gasteiger partial charge in [-0.05, 0) is 65.4 Å². The van der Waals surface area contributed by atoms with Crippen LogP contribution in [0.15, 0.2) is 30.3 Å². The first-order chi connectivity index (χ1) is 20.6. The average Bonchev–Trinajstić information content (AvgIpc) is 3.16. The molecule has 0 spiro atoms. The maximum atomic E-state index is 15.1. The van der Waals surface area contributed by atoms with Gasteiger partial charge in [-0.25, -0.2) is 13.6 Å². The topological polar surface area (TPSA) is 113 Å². The van der Waals surface area contributed by atoms with Crippen LogP contribution < -0.4 is 5.32 Å². The van der Waals surface area contributed by atoms with Gasteiger partial charge in [0.1, 0.15) is 17.4 Å². The number of ether oxygens (including phenoxy) is 1. The molecule has 3 fully saturated rings. The van der Waals surface area contributed by atoms with E-state index in [2.05, 4.69) is 10.2 Å². The number of hydrogen-bond donors (Lipinski definition) is 3. The summed E-state index contributed by atoms with van der Waals surface area (Å²) in [5.74, 6) is -4.76. The molecule has 3 unspecified atom stereocenters. The molecule has 9 nitrogen and oxygen atoms in total. The van der Waals surface area contributed by atoms with Crippen molar-refractivity contribution in [3.63, 3.8) is 0 Å². The molecule has 5 atom stereocenters. The molecular weight excluding hydrogens is 566 g/mol. The standard InChI is InChI=1S/C33H50F2N6O3/c1-21(2)29(37)41(22(3)36)26-18-24-12-13-25(19-26)40(24)16-14-28(23-10-8-7-9-11-23)38-30(42)27-20-39(17-15-33(27,34)35)31(43)44-32(4,5)6/h7-11,21,24-28,36-37H,12-20H2,1-6H3,(H,38,42)/t24-,25?,26?,27?,28-/m0/s1. The van der Waals surface area contributed by atoms with Crippen molar-refractivity contribution >= 4 is 23.7 Å². The number of carbonyl (C=O) groups excluding carboxylic acids is 2. The molecule has 0 radical (unpaired) electrons. The van der Waals surface area contributed by atoms with Gasteiger partial charge < -0.3 is 19.9 Å². The van der Waals surface area contributed by atoms with Gasteiger partial charge in [-0.2, -0.15) is 0 Å². The molecule has 1 aromatic carbocycles. The zero-order chi connectivity index (χ0) is 32.4. The van der Waals surface area contributed by atoms with Gasteiger partial charge >= 0.3 is 6.09 Å². The quantitative estimate of drug-likeness (QED) is 0.243. The maximum absolute atomic E-state index is 15.1. The number of hydrogen-bond acceptors (Lipinski definition) is 6. The lowest BCUT2D eigenvalue weighted by Gasteiger charge is -2.44. The van der Waals surface area contributed by atoms with Crippen LogP contribution in [0.25, 0.3) is 0 Å². The Morgan fingerprint density at radius 2 is 1.73 bits per heavy atom. The number of amides is 2. The third-order valence-electron chi connectivity index (χ3n) is 9.18. The van der Waals surface area contributed by atoms with Gasteiger partial charge in [0.25, 0.3) is 5.92 Å². The highest BCUT2D eigenvalue weighted by atomic mass is 19.3. The van der Waals surface area contributed by atoms with Crippen molar-refractivity contribution in [2.24, 2.45) is 11.8 Å². The number of nitrogens with one attached hydrogen (secondary N) is 3. The van der Waals surface area contributed by atoms with E-state index in [0.717, 1.165) is 31.2 Å². The van der Waals surface area contributed by atoms with Gasteiger partial charge in [-0.3, -0.25) is 20.5 Å². The third kappa shape index (κ3) is 7.95. The smallest absolute Gasteiger partial charge is 0.410 e. The first-order valence-electron chi connectivity index (χ1n) is 16.0. The molecule has 3 saturated heterocycles. The lowest BCUT2D eigenvalue weighted by molar-refractivity contribution is -0.150. The Morgan fingerprint density at radius 3 is 2.27 bits per heavy atom. The van der Waals surface area contributed by atoms with Crippen molar-refractivity contribution in [1.29, 1.82) is 10.8 Å². The molecule has 3 aliphatic heterocycles. The van der Waals surface area contributed by atoms with Crippen molar-refractivity contribution in [2.75, 3.05) is 19.6 Å². The van der Waals surface area contributed by atoms with Gasteiger partial charge in [0.2, 0.25) is 5.91 Å². The largest absolute Gasteiger partial charge is 0.444 e. The van der Waals surface area contributed by atoms with Crippen LogP contribution in [-0.2, 0) is 9.53 Å². The van der Waals surface area contributed by atoms with E-state index in [1.807, 2.05) is 49.1 Å². The molecule has 1 aromatic rings. The summed E-state index contributed by atoms with van der Waals surface area (Å²) in [5.41, 5.74) is 0.0793. The highest BCUT2D eigenvalue weighted by Crippen LogP contribution is 2.39. The lowest BCUT2D eigenvalue weighted by Crippen LogP contribution is -2.56. The summed E-state index contributed by atoms with van der Waals surface area (Å²) in [4.78, 5) is 31.8. The Kier molecular flexibility index (Phi) is 10.4. The first-order valence-corrected chi connectivity index (χ1v) is 16.0. The predicted molar refractivity (Wildman–Crippen MR) is 167 cm³/mol. The molecule has 3 aliphatic rings. The second-order valence-corrected chi connectivity index (χ2v) is 14.0. The van der Waals surface area contributed by atoms with E-state index < -0.39 is 48.4 Å². The zero-order valence-electron chi connectivity index (χ0n) is 27.0. The Balaban J connectivity index is 1.45. The molecule has 44 heavy (non-hydrogen) atoms. The molecule has 0 saturated carbocycles. The van der Waals surface area contributed by atoms with Crippen LogP contribution in [0.3, 0.4) is 0 Å². The number of carbonyl (C=O) groups is 2. The molecular formula is C33H50F2N6O3. The molecule has 0 aliphatic carbocycles. The summed E-state index contributed by atoms with van der Waals surface area (Å²) in [6, 6.07) is 9.69. The van der Waals surface area contributed by atoms with Crippen LogP contribution in [0, 0.1) is 22.7 Å². The van der Waals surface area contributed by atoms with Crippen molar-refractivity contribution in [1.82, 2.24) is 20.0 Å². The second-order valence-electron chi connectivity index (χ2n) is 14.0. The van der Waals surface area contributed by atoms with Crippen LogP contribution in [0.4, 0.5) is 13.6 Å². The summed E-state index contributed by atoms with van der Waals surface area (Å²) in [5, 5.41) is 19.9. The zero-order valence-corrected chi connectivity index (χ0v) is 27.0. The molecule has 244 valence electrons. The van der Waals surface area contributed by atoms with Crippen molar-refractivity contribution in [3.05, 3.63) is 35.9 Å². The van der Waals surface area contributed by atoms with E-state index in [4.69, 9.17) is 15.6 Å². The molecule has 3 N–H and O–H groups in total. The number of nitrogens with zero attached hydrogens (tertiary/aromatic N) is 3. The molecule has 2 bridgehead atoms. The number of benzene rings is 1. The highest BCUT2D eigenvalue weighted by Gasteiger charge is 2.50. The number of amidine groups is 2. The molecule has 3 heterocycles. The molecule has 11 heteroatoms. The number of alkyl halides is 2. The fourth-order valence-electron chi connectivity index (χ4n) is 6.98. The van der Waals surface area contributed by atoms with Crippen LogP contribution in [-0.4, -0.2) is 87.7 Å². The van der Waals surface area contributed by atoms with Gasteiger partial charge in [-0.1, -0.05) is 44.2 Å². The normalized spacial score (nSPS) is 25.8. The van der Waals surface area contributed by atoms with E-state index in [0.29, 0.717) is 36.7 Å². The number of halogens is 2. The fraction of sp³-hybridized carbons (Fsp3) is 0.697. The third-order valence-corrected chi connectivity index (χ3v) is 9.18. The van der Waals surface area contributed by atoms with Gasteiger partial charge in [0.15, 0.2) is 0 Å². The summed E-state index contributed by atoms with van der Waals surface area (Å²) >= 11 is 0. The van der Waals surface area contributed by atoms with E-state index in [1.54, 1.807) is 27.7 Å². The van der Waals surface area contributed by atoms with Crippen molar-refractivity contribution in [2.45, 2.75) is 116 Å². The van der Waals surface area contributed by atoms with E-state index in [-0.39, 0.29) is 18.5 Å². The number of piperidine rings is 2. The summed E-state index contributed by atoms with van der Waals surface area (Å²) < 4.78 is 35.6. The SMILES string of the molecule is CC(=N)N(C(=N)C(C)C)C1CC2CC[C@@H](C1)N2CC[C@H](NC(=O)C1CN(C(=O)OC(C)(C)C)CCC1(F)F)c1ccccc1. The highest BCUT2D eigenvalue weighted by molar-refractivity contribution is 5.98. The second kappa shape index (κ2) is 13.5. The molecule has 0 aromatic heterocycles. The summed E-state index contributed by atoms with van der Waals surface area (Å²) in [6.07, 6.45) is 3.06. The van der Waals surface area contributed by atoms with Gasteiger partial charge in [0.05, 0.1) is 11.9 Å². The van der Waals surface area contributed by atoms with Crippen molar-refractivity contribution < 1.29 is 23.1 Å². The first kappa shape index (κ1) is 33.8. The Morgan fingerprint density at radius 1 is 1.11 bits per heavy atom. The van der Waals surface area contributed by atoms with Crippen LogP contribution in [0.1, 0.15) is 91.7 Å². The minimum atomic E-state index is -3.24. The number of fused-ring (bicyclic) bond motifs is 2. The molecule has 2 amide bonds. The number of likely N-dealkylation sites (tertiary alicyclic amines) is 1. The van der Waals surface area contributed by atoms with E-state index in [1.165, 1.54) is 4.90 Å². The van der Waals surface area contributed by atoms with E-state index in [9.17, 15) is 9.59 Å². The van der Waals surface area contributed by atoms with Crippen molar-refractivity contribution in [3.8, 4) is 0 Å². The minimum absolute atomic E-state index is 0.0361. The summed E-state index contributed by atoms with van der Waals surface area (Å²) in [6.45, 7) is 11.0. The average molecular weight is 617 g/mol. The fourth-order valence-corrected chi connectivity index (χ4v) is 6.98. The predicted octanol–water partition coefficient (Wildman–Crippen LogP) is 6.05. The maximum Gasteiger partial charge on any atom is 0.410 e. The van der Waals surface area contributed by atoms with Gasteiger partial charge in [-0.15, -0.1) is 0 Å². The van der Waals surface area contributed by atoms with Crippen LogP contribution in [0.5, 0.6) is 0 Å².